The number of nitrogens with zero attached hydrogens (tertiary/aromatic N) is 1. The van der Waals surface area contributed by atoms with Crippen LogP contribution in [0.4, 0.5) is 11.4 Å². The van der Waals surface area contributed by atoms with Crippen LogP contribution in [0.5, 0.6) is 0 Å². The van der Waals surface area contributed by atoms with Crippen LogP contribution < -0.4 is 10.6 Å². The lowest BCUT2D eigenvalue weighted by atomic mass is 9.89. The van der Waals surface area contributed by atoms with Gasteiger partial charge in [-0.25, -0.2) is 0 Å². The summed E-state index contributed by atoms with van der Waals surface area (Å²) >= 11 is 0. The van der Waals surface area contributed by atoms with Gasteiger partial charge in [-0.15, -0.1) is 12.4 Å². The average Bonchev–Trinajstić information content (AvgIpc) is 2.46. The Balaban J connectivity index is 0.00000176. The van der Waals surface area contributed by atoms with Crippen LogP contribution >= 0.6 is 12.4 Å². The Kier molecular flexibility index (Phi) is 6.13. The third-order valence-corrected chi connectivity index (χ3v) is 5.01. The van der Waals surface area contributed by atoms with Crippen molar-refractivity contribution in [3.05, 3.63) is 23.8 Å². The smallest absolute Gasteiger partial charge is 0.230 e. The Morgan fingerprint density at radius 2 is 1.73 bits per heavy atom. The minimum atomic E-state index is 0. The lowest BCUT2D eigenvalue weighted by Gasteiger charge is -2.33. The van der Waals surface area contributed by atoms with Gasteiger partial charge >= 0.3 is 0 Å². The van der Waals surface area contributed by atoms with Crippen molar-refractivity contribution in [2.75, 3.05) is 17.2 Å². The minimum absolute atomic E-state index is 0. The van der Waals surface area contributed by atoms with Gasteiger partial charge in [-0.1, -0.05) is 38.2 Å². The molecule has 0 aromatic heterocycles. The van der Waals surface area contributed by atoms with Gasteiger partial charge < -0.3 is 10.6 Å². The van der Waals surface area contributed by atoms with Gasteiger partial charge in [0.1, 0.15) is 0 Å². The van der Waals surface area contributed by atoms with E-state index in [0.29, 0.717) is 5.91 Å². The molecule has 122 valence electrons. The molecule has 0 atom stereocenters. The number of benzene rings is 1. The quantitative estimate of drug-likeness (QED) is 0.782. The van der Waals surface area contributed by atoms with Crippen molar-refractivity contribution in [2.45, 2.75) is 57.8 Å². The second-order valence-electron chi connectivity index (χ2n) is 6.48. The SMILES string of the molecule is Cl.Nc1cccc2c1CCCN2C(=O)C1CCCCCCC1. The van der Waals surface area contributed by atoms with Crippen molar-refractivity contribution in [3.8, 4) is 0 Å². The number of nitrogen functional groups attached to an aromatic ring is 1. The van der Waals surface area contributed by atoms with Gasteiger partial charge in [0.2, 0.25) is 5.91 Å². The van der Waals surface area contributed by atoms with E-state index in [1.807, 2.05) is 17.0 Å². The van der Waals surface area contributed by atoms with E-state index in [9.17, 15) is 4.79 Å². The van der Waals surface area contributed by atoms with Crippen molar-refractivity contribution in [1.82, 2.24) is 0 Å². The van der Waals surface area contributed by atoms with E-state index in [1.165, 1.54) is 37.7 Å². The van der Waals surface area contributed by atoms with Gasteiger partial charge in [0, 0.05) is 23.8 Å². The van der Waals surface area contributed by atoms with Crippen LogP contribution in [0.1, 0.15) is 56.9 Å². The molecule has 22 heavy (non-hydrogen) atoms. The Hall–Kier alpha value is -1.22. The number of hydrogen-bond donors (Lipinski definition) is 1. The highest BCUT2D eigenvalue weighted by Crippen LogP contribution is 2.34. The summed E-state index contributed by atoms with van der Waals surface area (Å²) in [5.74, 6) is 0.557. The molecule has 2 N–H and O–H groups in total. The van der Waals surface area contributed by atoms with E-state index in [2.05, 4.69) is 6.07 Å². The van der Waals surface area contributed by atoms with Gasteiger partial charge in [0.25, 0.3) is 0 Å². The number of carbonyl (C=O) groups is 1. The molecule has 1 aromatic rings. The third kappa shape index (κ3) is 3.57. The first-order valence-electron chi connectivity index (χ1n) is 8.46. The summed E-state index contributed by atoms with van der Waals surface area (Å²) in [5, 5.41) is 0. The molecule has 2 aliphatic rings. The number of hydrogen-bond acceptors (Lipinski definition) is 2. The van der Waals surface area contributed by atoms with Gasteiger partial charge in [-0.3, -0.25) is 4.79 Å². The number of halogens is 1. The summed E-state index contributed by atoms with van der Waals surface area (Å²) in [4.78, 5) is 15.0. The molecule has 0 spiro atoms. The van der Waals surface area contributed by atoms with Crippen molar-refractivity contribution >= 4 is 29.7 Å². The molecule has 1 fully saturated rings. The summed E-state index contributed by atoms with van der Waals surface area (Å²) in [5.41, 5.74) is 9.16. The van der Waals surface area contributed by atoms with Crippen molar-refractivity contribution in [1.29, 1.82) is 0 Å². The molecule has 1 heterocycles. The maximum absolute atomic E-state index is 13.0. The molecule has 1 saturated carbocycles. The monoisotopic (exact) mass is 322 g/mol. The van der Waals surface area contributed by atoms with Crippen LogP contribution in [0.3, 0.4) is 0 Å². The zero-order chi connectivity index (χ0) is 14.7. The van der Waals surface area contributed by atoms with Gasteiger partial charge in [-0.2, -0.15) is 0 Å². The Labute approximate surface area is 139 Å². The van der Waals surface area contributed by atoms with Gasteiger partial charge in [0.15, 0.2) is 0 Å². The van der Waals surface area contributed by atoms with E-state index in [-0.39, 0.29) is 18.3 Å². The first-order chi connectivity index (χ1) is 10.3. The summed E-state index contributed by atoms with van der Waals surface area (Å²) in [6.45, 7) is 0.853. The molecule has 1 amide bonds. The van der Waals surface area contributed by atoms with Crippen molar-refractivity contribution < 1.29 is 4.79 Å². The number of amides is 1. The molecule has 0 radical (unpaired) electrons. The Morgan fingerprint density at radius 3 is 2.45 bits per heavy atom. The average molecular weight is 323 g/mol. The largest absolute Gasteiger partial charge is 0.398 e. The lowest BCUT2D eigenvalue weighted by Crippen LogP contribution is -2.40. The van der Waals surface area contributed by atoms with Crippen LogP contribution in [-0.4, -0.2) is 12.5 Å². The number of rotatable bonds is 1. The van der Waals surface area contributed by atoms with Crippen molar-refractivity contribution in [2.24, 2.45) is 5.92 Å². The fourth-order valence-corrected chi connectivity index (χ4v) is 3.80. The van der Waals surface area contributed by atoms with Crippen LogP contribution in [0.15, 0.2) is 18.2 Å². The van der Waals surface area contributed by atoms with Crippen molar-refractivity contribution in [3.63, 3.8) is 0 Å². The number of fused-ring (bicyclic) bond motifs is 1. The molecule has 0 saturated heterocycles. The highest BCUT2D eigenvalue weighted by Gasteiger charge is 2.29. The lowest BCUT2D eigenvalue weighted by molar-refractivity contribution is -0.123. The molecule has 3 rings (SSSR count). The zero-order valence-electron chi connectivity index (χ0n) is 13.2. The van der Waals surface area contributed by atoms with E-state index < -0.39 is 0 Å². The Bertz CT molecular complexity index is 510. The molecule has 0 unspecified atom stereocenters. The second-order valence-corrected chi connectivity index (χ2v) is 6.48. The van der Waals surface area contributed by atoms with Gasteiger partial charge in [-0.05, 0) is 43.4 Å². The molecule has 3 nitrogen and oxygen atoms in total. The standard InChI is InChI=1S/C18H26N2O.ClH/c19-16-11-6-12-17-15(16)10-7-13-20(17)18(21)14-8-4-2-1-3-5-9-14;/h6,11-12,14H,1-5,7-10,13,19H2;1H. The third-order valence-electron chi connectivity index (χ3n) is 5.01. The maximum atomic E-state index is 13.0. The summed E-state index contributed by atoms with van der Waals surface area (Å²) in [6.07, 6.45) is 10.5. The second kappa shape index (κ2) is 7.87. The molecule has 0 bridgehead atoms. The molecule has 1 aliphatic heterocycles. The number of anilines is 2. The first-order valence-corrected chi connectivity index (χ1v) is 8.46. The van der Waals surface area contributed by atoms with E-state index >= 15 is 0 Å². The molecule has 1 aromatic carbocycles. The fourth-order valence-electron chi connectivity index (χ4n) is 3.80. The van der Waals surface area contributed by atoms with E-state index in [1.54, 1.807) is 0 Å². The molecule has 1 aliphatic carbocycles. The van der Waals surface area contributed by atoms with E-state index in [4.69, 9.17) is 5.73 Å². The van der Waals surface area contributed by atoms with Gasteiger partial charge in [0.05, 0.1) is 0 Å². The maximum Gasteiger partial charge on any atom is 0.230 e. The zero-order valence-corrected chi connectivity index (χ0v) is 14.0. The van der Waals surface area contributed by atoms with E-state index in [0.717, 1.165) is 43.6 Å². The van der Waals surface area contributed by atoms with Crippen LogP contribution in [-0.2, 0) is 11.2 Å². The summed E-state index contributed by atoms with van der Waals surface area (Å²) in [7, 11) is 0. The normalized spacial score (nSPS) is 19.5. The van der Waals surface area contributed by atoms with Crippen LogP contribution in [0.25, 0.3) is 0 Å². The highest BCUT2D eigenvalue weighted by atomic mass is 35.5. The Morgan fingerprint density at radius 1 is 1.05 bits per heavy atom. The van der Waals surface area contributed by atoms with Crippen LogP contribution in [0, 0.1) is 5.92 Å². The molecular weight excluding hydrogens is 296 g/mol. The minimum Gasteiger partial charge on any atom is -0.398 e. The fraction of sp³-hybridized carbons (Fsp3) is 0.611. The molecular formula is C18H27ClN2O. The first kappa shape index (κ1) is 17.1. The predicted molar refractivity (Wildman–Crippen MR) is 94.6 cm³/mol. The number of carbonyl (C=O) groups excluding carboxylic acids is 1. The predicted octanol–water partition coefficient (Wildman–Crippen LogP) is 4.33. The summed E-state index contributed by atoms with van der Waals surface area (Å²) in [6, 6.07) is 5.98. The topological polar surface area (TPSA) is 46.3 Å². The highest BCUT2D eigenvalue weighted by molar-refractivity contribution is 5.97. The molecule has 4 heteroatoms. The number of nitrogens with two attached hydrogens (primary N) is 1. The van der Waals surface area contributed by atoms with Crippen LogP contribution in [0.2, 0.25) is 0 Å². The summed E-state index contributed by atoms with van der Waals surface area (Å²) < 4.78 is 0.